The number of nitrogens with two attached hydrogens (primary N) is 1. The first-order chi connectivity index (χ1) is 18.9. The van der Waals surface area contributed by atoms with Crippen LogP contribution in [0.1, 0.15) is 35.0 Å². The molecule has 6 N–H and O–H groups in total. The second-order valence-corrected chi connectivity index (χ2v) is 10.2. The summed E-state index contributed by atoms with van der Waals surface area (Å²) in [5.41, 5.74) is 1.87. The number of primary amides is 1. The Morgan fingerprint density at radius 2 is 1.93 bits per heavy atom. The molecule has 14 nitrogen and oxygen atoms in total. The van der Waals surface area contributed by atoms with Gasteiger partial charge >= 0.3 is 5.97 Å². The maximum Gasteiger partial charge on any atom is 0.358 e. The number of ketones is 2. The Morgan fingerprint density at radius 3 is 2.55 bits per heavy atom. The number of Topliss-reactive ketones (excluding diaryl/α,β-unsaturated/α-hetero) is 2. The van der Waals surface area contributed by atoms with Crippen LogP contribution in [0.15, 0.2) is 35.2 Å². The van der Waals surface area contributed by atoms with Gasteiger partial charge in [-0.15, -0.1) is 5.10 Å². The van der Waals surface area contributed by atoms with Gasteiger partial charge in [0.15, 0.2) is 17.1 Å². The van der Waals surface area contributed by atoms with Crippen LogP contribution in [0, 0.1) is 11.8 Å². The average molecular weight is 554 g/mol. The van der Waals surface area contributed by atoms with E-state index in [2.05, 4.69) is 10.3 Å². The quantitative estimate of drug-likeness (QED) is 0.238. The van der Waals surface area contributed by atoms with E-state index in [1.807, 2.05) is 0 Å². The van der Waals surface area contributed by atoms with E-state index in [1.165, 1.54) is 42.0 Å². The predicted molar refractivity (Wildman–Crippen MR) is 135 cm³/mol. The highest BCUT2D eigenvalue weighted by Gasteiger charge is 2.64. The first kappa shape index (κ1) is 27.0. The van der Waals surface area contributed by atoms with Crippen molar-refractivity contribution in [3.05, 3.63) is 52.1 Å². The van der Waals surface area contributed by atoms with Crippen molar-refractivity contribution in [1.82, 2.24) is 19.9 Å². The van der Waals surface area contributed by atoms with Crippen LogP contribution in [-0.2, 0) is 25.5 Å². The topological polar surface area (TPSA) is 218 Å². The minimum absolute atomic E-state index is 0.0143. The molecular weight excluding hydrogens is 526 g/mol. The summed E-state index contributed by atoms with van der Waals surface area (Å²) in [7, 11) is 3.04. The van der Waals surface area contributed by atoms with Gasteiger partial charge in [-0.2, -0.15) is 0 Å². The van der Waals surface area contributed by atoms with Crippen LogP contribution in [0.3, 0.4) is 0 Å². The molecule has 0 unspecified atom stereocenters. The smallest absolute Gasteiger partial charge is 0.358 e. The lowest BCUT2D eigenvalue weighted by molar-refractivity contribution is -0.153. The van der Waals surface area contributed by atoms with Gasteiger partial charge in [0.1, 0.15) is 22.8 Å². The number of carbonyl (C=O) groups excluding carboxylic acids is 4. The molecule has 210 valence electrons. The van der Waals surface area contributed by atoms with Crippen molar-refractivity contribution in [2.75, 3.05) is 20.7 Å². The molecule has 0 bridgehead atoms. The molecule has 0 radical (unpaired) electrons. The molecule has 3 aliphatic rings. The molecule has 1 heterocycles. The van der Waals surface area contributed by atoms with Crippen molar-refractivity contribution in [2.24, 2.45) is 17.6 Å². The highest BCUT2D eigenvalue weighted by molar-refractivity contribution is 6.24. The zero-order chi connectivity index (χ0) is 29.3. The third kappa shape index (κ3) is 3.56. The van der Waals surface area contributed by atoms with Gasteiger partial charge in [-0.1, -0.05) is 5.21 Å². The van der Waals surface area contributed by atoms with Gasteiger partial charge in [-0.3, -0.25) is 19.3 Å². The Hall–Kier alpha value is -4.56. The van der Waals surface area contributed by atoms with Crippen molar-refractivity contribution in [3.63, 3.8) is 0 Å². The van der Waals surface area contributed by atoms with Crippen LogP contribution in [-0.4, -0.2) is 96.1 Å². The van der Waals surface area contributed by atoms with E-state index in [0.717, 1.165) is 0 Å². The number of benzene rings is 1. The van der Waals surface area contributed by atoms with Crippen molar-refractivity contribution in [3.8, 4) is 11.4 Å². The molecule has 5 rings (SSSR count). The maximum atomic E-state index is 13.9. The van der Waals surface area contributed by atoms with Gasteiger partial charge in [0.05, 0.1) is 30.1 Å². The fourth-order valence-corrected chi connectivity index (χ4v) is 6.18. The van der Waals surface area contributed by atoms with Crippen LogP contribution in [0.5, 0.6) is 5.75 Å². The molecule has 14 heteroatoms. The second-order valence-electron chi connectivity index (χ2n) is 10.2. The monoisotopic (exact) mass is 553 g/mol. The SMILES string of the molecule is CCOC(=O)c1cnnn1-c1ccc(O)c2c1C[C@@H]1C[C@@H]3[C@H](N(C)C)C(=O)C(C(N)=O)=C(O)[C@]3(O)C(=O)C1=C2O. The molecule has 0 aliphatic heterocycles. The fourth-order valence-electron chi connectivity index (χ4n) is 6.18. The molecule has 1 amide bonds. The van der Waals surface area contributed by atoms with Gasteiger partial charge in [-0.25, -0.2) is 9.48 Å². The Morgan fingerprint density at radius 1 is 1.23 bits per heavy atom. The van der Waals surface area contributed by atoms with Gasteiger partial charge in [0.25, 0.3) is 5.91 Å². The highest BCUT2D eigenvalue weighted by atomic mass is 16.5. The number of aromatic hydroxyl groups is 1. The molecule has 4 atom stereocenters. The highest BCUT2D eigenvalue weighted by Crippen LogP contribution is 2.53. The summed E-state index contributed by atoms with van der Waals surface area (Å²) in [6.45, 7) is 1.74. The van der Waals surface area contributed by atoms with Crippen LogP contribution in [0.25, 0.3) is 11.4 Å². The number of esters is 1. The summed E-state index contributed by atoms with van der Waals surface area (Å²) >= 11 is 0. The minimum Gasteiger partial charge on any atom is -0.508 e. The summed E-state index contributed by atoms with van der Waals surface area (Å²) in [5.74, 6) is -8.20. The molecule has 1 fully saturated rings. The van der Waals surface area contributed by atoms with E-state index in [0.29, 0.717) is 5.56 Å². The van der Waals surface area contributed by atoms with Gasteiger partial charge in [0.2, 0.25) is 5.78 Å². The number of nitrogens with zero attached hydrogens (tertiary/aromatic N) is 4. The molecule has 1 saturated carbocycles. The number of likely N-dealkylation sites (N-methyl/N-ethyl adjacent to an activating group) is 1. The van der Waals surface area contributed by atoms with Gasteiger partial charge in [0, 0.05) is 11.5 Å². The Kier molecular flexibility index (Phi) is 6.27. The largest absolute Gasteiger partial charge is 0.508 e. The molecule has 0 spiro atoms. The number of rotatable bonds is 5. The van der Waals surface area contributed by atoms with Crippen LogP contribution >= 0.6 is 0 Å². The van der Waals surface area contributed by atoms with Gasteiger partial charge in [-0.05, 0) is 57.5 Å². The van der Waals surface area contributed by atoms with Crippen LogP contribution in [0.4, 0.5) is 0 Å². The van der Waals surface area contributed by atoms with Crippen molar-refractivity contribution >= 4 is 29.2 Å². The third-order valence-electron chi connectivity index (χ3n) is 7.84. The number of ether oxygens (including phenoxy) is 1. The number of aromatic nitrogens is 3. The van der Waals surface area contributed by atoms with Crippen molar-refractivity contribution in [2.45, 2.75) is 31.4 Å². The molecular formula is C26H27N5O9. The maximum absolute atomic E-state index is 13.9. The summed E-state index contributed by atoms with van der Waals surface area (Å²) < 4.78 is 6.26. The lowest BCUT2D eigenvalue weighted by Gasteiger charge is -2.50. The summed E-state index contributed by atoms with van der Waals surface area (Å²) in [6.07, 6.45) is 1.13. The standard InChI is InChI=1S/C26H27N5O9/c1-4-40-25(38)14-9-28-29-31(14)13-5-6-15(32)17-11(13)7-10-8-12-19(30(2)3)21(34)18(24(27)37)23(36)26(12,39)22(35)16(10)20(17)33/h5-6,9-10,12,19,32-33,36,39H,4,7-8H2,1-3H3,(H2,27,37)/t10-,12-,19+,26-/m1/s1. The Balaban J connectivity index is 1.72. The van der Waals surface area contributed by atoms with Crippen molar-refractivity contribution < 1.29 is 44.3 Å². The number of phenolic OH excluding ortho intramolecular Hbond substituents is 1. The number of amides is 1. The van der Waals surface area contributed by atoms with E-state index in [1.54, 1.807) is 6.92 Å². The number of aliphatic hydroxyl groups is 3. The van der Waals surface area contributed by atoms with Crippen LogP contribution in [0.2, 0.25) is 0 Å². The van der Waals surface area contributed by atoms with E-state index in [-0.39, 0.29) is 42.0 Å². The third-order valence-corrected chi connectivity index (χ3v) is 7.84. The Bertz CT molecular complexity index is 1560. The van der Waals surface area contributed by atoms with E-state index >= 15 is 0 Å². The number of phenols is 1. The summed E-state index contributed by atoms with van der Waals surface area (Å²) in [6, 6.07) is 1.49. The number of aliphatic hydroxyl groups excluding tert-OH is 2. The number of hydrogen-bond donors (Lipinski definition) is 5. The van der Waals surface area contributed by atoms with Crippen molar-refractivity contribution in [1.29, 1.82) is 0 Å². The second kappa shape index (κ2) is 9.27. The lowest BCUT2D eigenvalue weighted by atomic mass is 9.57. The molecule has 2 aromatic rings. The van der Waals surface area contributed by atoms with E-state index in [4.69, 9.17) is 10.5 Å². The zero-order valence-electron chi connectivity index (χ0n) is 21.8. The molecule has 1 aromatic carbocycles. The number of fused-ring (bicyclic) bond motifs is 3. The normalized spacial score (nSPS) is 26.0. The molecule has 40 heavy (non-hydrogen) atoms. The average Bonchev–Trinajstić information content (AvgIpc) is 3.36. The zero-order valence-corrected chi connectivity index (χ0v) is 21.8. The van der Waals surface area contributed by atoms with Crippen LogP contribution < -0.4 is 5.73 Å². The number of hydrogen-bond acceptors (Lipinski definition) is 12. The fraction of sp³-hybridized carbons (Fsp3) is 0.385. The first-order valence-electron chi connectivity index (χ1n) is 12.4. The molecule has 1 aromatic heterocycles. The molecule has 3 aliphatic carbocycles. The Labute approximate surface area is 226 Å². The summed E-state index contributed by atoms with van der Waals surface area (Å²) in [4.78, 5) is 53.1. The van der Waals surface area contributed by atoms with E-state index < -0.39 is 69.8 Å². The molecule has 0 saturated heterocycles. The number of carbonyl (C=O) groups is 4. The lowest BCUT2D eigenvalue weighted by Crippen LogP contribution is -2.65. The minimum atomic E-state index is -2.74. The van der Waals surface area contributed by atoms with E-state index in [9.17, 15) is 39.6 Å². The predicted octanol–water partition coefficient (Wildman–Crippen LogP) is -0.279. The first-order valence-corrected chi connectivity index (χ1v) is 12.4. The van der Waals surface area contributed by atoms with Gasteiger partial charge < -0.3 is 30.9 Å². The summed E-state index contributed by atoms with van der Waals surface area (Å²) in [5, 5.41) is 52.5.